The van der Waals surface area contributed by atoms with Crippen LogP contribution < -0.4 is 5.32 Å². The lowest BCUT2D eigenvalue weighted by Gasteiger charge is -2.13. The minimum atomic E-state index is 0.244. The van der Waals surface area contributed by atoms with Gasteiger partial charge in [-0.3, -0.25) is 0 Å². The second-order valence-corrected chi connectivity index (χ2v) is 5.32. The molecule has 2 rings (SSSR count). The summed E-state index contributed by atoms with van der Waals surface area (Å²) in [6, 6.07) is 4.34. The zero-order chi connectivity index (χ0) is 11.4. The molecule has 0 aromatic carbocycles. The third-order valence-corrected chi connectivity index (χ3v) is 4.06. The first-order chi connectivity index (χ1) is 7.79. The van der Waals surface area contributed by atoms with E-state index in [4.69, 9.17) is 0 Å². The minimum absolute atomic E-state index is 0.244. The Kier molecular flexibility index (Phi) is 4.04. The van der Waals surface area contributed by atoms with Crippen LogP contribution in [-0.2, 0) is 6.42 Å². The quantitative estimate of drug-likeness (QED) is 0.943. The van der Waals surface area contributed by atoms with Gasteiger partial charge in [-0.2, -0.15) is 0 Å². The number of thiophene rings is 1. The van der Waals surface area contributed by atoms with Crippen molar-refractivity contribution in [2.24, 2.45) is 0 Å². The van der Waals surface area contributed by atoms with Gasteiger partial charge in [-0.25, -0.2) is 9.97 Å². The minimum Gasteiger partial charge on any atom is -0.311 e. The van der Waals surface area contributed by atoms with Gasteiger partial charge in [0.2, 0.25) is 0 Å². The summed E-state index contributed by atoms with van der Waals surface area (Å²) in [5, 5.41) is 5.38. The average molecular weight is 298 g/mol. The van der Waals surface area contributed by atoms with Crippen molar-refractivity contribution < 1.29 is 0 Å². The number of rotatable bonds is 4. The average Bonchev–Trinajstić information content (AvgIpc) is 2.73. The topological polar surface area (TPSA) is 37.8 Å². The standard InChI is InChI=1S/C11H12BrN3S/c1-13-11(10-2-3-14-7-15-10)5-9-4-8(12)6-16-9/h2-4,6-7,11,13H,5H2,1H3. The molecule has 0 amide bonds. The van der Waals surface area contributed by atoms with Crippen molar-refractivity contribution in [1.82, 2.24) is 15.3 Å². The summed E-state index contributed by atoms with van der Waals surface area (Å²) in [4.78, 5) is 9.54. The fourth-order valence-electron chi connectivity index (χ4n) is 1.52. The number of nitrogens with zero attached hydrogens (tertiary/aromatic N) is 2. The summed E-state index contributed by atoms with van der Waals surface area (Å²) in [5.41, 5.74) is 1.03. The molecule has 16 heavy (non-hydrogen) atoms. The highest BCUT2D eigenvalue weighted by Gasteiger charge is 2.12. The highest BCUT2D eigenvalue weighted by Crippen LogP contribution is 2.24. The van der Waals surface area contributed by atoms with E-state index in [2.05, 4.69) is 42.7 Å². The van der Waals surface area contributed by atoms with Crippen LogP contribution in [0.25, 0.3) is 0 Å². The van der Waals surface area contributed by atoms with Crippen molar-refractivity contribution in [3.05, 3.63) is 45.1 Å². The second kappa shape index (κ2) is 5.52. The van der Waals surface area contributed by atoms with Crippen LogP contribution in [0, 0.1) is 0 Å². The van der Waals surface area contributed by atoms with E-state index < -0.39 is 0 Å². The van der Waals surface area contributed by atoms with Crippen molar-refractivity contribution in [2.45, 2.75) is 12.5 Å². The smallest absolute Gasteiger partial charge is 0.115 e. The number of likely N-dealkylation sites (N-methyl/N-ethyl adjacent to an activating group) is 1. The molecule has 0 aliphatic rings. The predicted octanol–water partition coefficient (Wildman–Crippen LogP) is 2.80. The van der Waals surface area contributed by atoms with E-state index in [1.54, 1.807) is 23.9 Å². The van der Waals surface area contributed by atoms with Crippen molar-refractivity contribution in [2.75, 3.05) is 7.05 Å². The van der Waals surface area contributed by atoms with Gasteiger partial charge in [0.15, 0.2) is 0 Å². The van der Waals surface area contributed by atoms with Crippen molar-refractivity contribution >= 4 is 27.3 Å². The van der Waals surface area contributed by atoms with Crippen LogP contribution in [0.4, 0.5) is 0 Å². The molecular formula is C11H12BrN3S. The summed E-state index contributed by atoms with van der Waals surface area (Å²) in [6.45, 7) is 0. The van der Waals surface area contributed by atoms with E-state index in [1.165, 1.54) is 4.88 Å². The lowest BCUT2D eigenvalue weighted by atomic mass is 10.1. The zero-order valence-electron chi connectivity index (χ0n) is 8.85. The Hall–Kier alpha value is -0.780. The molecule has 0 saturated heterocycles. The van der Waals surface area contributed by atoms with Gasteiger partial charge in [0.25, 0.3) is 0 Å². The van der Waals surface area contributed by atoms with Gasteiger partial charge in [0.1, 0.15) is 6.33 Å². The lowest BCUT2D eigenvalue weighted by molar-refractivity contribution is 0.578. The number of halogens is 1. The first kappa shape index (κ1) is 11.7. The molecule has 1 unspecified atom stereocenters. The summed E-state index contributed by atoms with van der Waals surface area (Å²) < 4.78 is 1.14. The molecule has 2 aromatic heterocycles. The van der Waals surface area contributed by atoms with Crippen molar-refractivity contribution in [1.29, 1.82) is 0 Å². The largest absolute Gasteiger partial charge is 0.311 e. The monoisotopic (exact) mass is 297 g/mol. The van der Waals surface area contributed by atoms with Gasteiger partial charge in [0, 0.05) is 27.3 Å². The Morgan fingerprint density at radius 2 is 2.44 bits per heavy atom. The van der Waals surface area contributed by atoms with E-state index in [0.717, 1.165) is 16.6 Å². The summed E-state index contributed by atoms with van der Waals surface area (Å²) in [7, 11) is 1.95. The SMILES string of the molecule is CNC(Cc1cc(Br)cs1)c1ccncn1. The number of nitrogens with one attached hydrogen (secondary N) is 1. The molecule has 0 aliphatic carbocycles. The molecule has 2 heterocycles. The number of aromatic nitrogens is 2. The van der Waals surface area contributed by atoms with Crippen LogP contribution in [0.5, 0.6) is 0 Å². The summed E-state index contributed by atoms with van der Waals surface area (Å²) >= 11 is 5.22. The maximum atomic E-state index is 4.27. The molecule has 2 aromatic rings. The first-order valence-corrected chi connectivity index (χ1v) is 6.63. The molecule has 0 spiro atoms. The molecule has 0 radical (unpaired) electrons. The third kappa shape index (κ3) is 2.87. The molecule has 84 valence electrons. The highest BCUT2D eigenvalue weighted by molar-refractivity contribution is 9.10. The van der Waals surface area contributed by atoms with Crippen LogP contribution in [0.1, 0.15) is 16.6 Å². The second-order valence-electron chi connectivity index (χ2n) is 3.41. The van der Waals surface area contributed by atoms with Gasteiger partial charge >= 0.3 is 0 Å². The molecule has 0 bridgehead atoms. The molecule has 0 aliphatic heterocycles. The van der Waals surface area contributed by atoms with Crippen LogP contribution in [-0.4, -0.2) is 17.0 Å². The predicted molar refractivity (Wildman–Crippen MR) is 69.6 cm³/mol. The number of hydrogen-bond acceptors (Lipinski definition) is 4. The van der Waals surface area contributed by atoms with Crippen LogP contribution in [0.2, 0.25) is 0 Å². The fourth-order valence-corrected chi connectivity index (χ4v) is 3.02. The molecule has 1 atom stereocenters. The molecule has 5 heteroatoms. The summed E-state index contributed by atoms with van der Waals surface area (Å²) in [5.74, 6) is 0. The van der Waals surface area contributed by atoms with E-state index in [1.807, 2.05) is 13.1 Å². The fraction of sp³-hybridized carbons (Fsp3) is 0.273. The van der Waals surface area contributed by atoms with Crippen LogP contribution in [0.3, 0.4) is 0 Å². The Balaban J connectivity index is 2.12. The molecule has 1 N–H and O–H groups in total. The highest BCUT2D eigenvalue weighted by atomic mass is 79.9. The van der Waals surface area contributed by atoms with E-state index in [-0.39, 0.29) is 6.04 Å². The van der Waals surface area contributed by atoms with Crippen molar-refractivity contribution in [3.63, 3.8) is 0 Å². The van der Waals surface area contributed by atoms with Gasteiger partial charge in [-0.1, -0.05) is 0 Å². The maximum absolute atomic E-state index is 4.27. The normalized spacial score (nSPS) is 12.6. The number of hydrogen-bond donors (Lipinski definition) is 1. The van der Waals surface area contributed by atoms with Crippen molar-refractivity contribution in [3.8, 4) is 0 Å². The maximum Gasteiger partial charge on any atom is 0.115 e. The Labute approximate surface area is 107 Å². The molecular weight excluding hydrogens is 286 g/mol. The Morgan fingerprint density at radius 3 is 3.00 bits per heavy atom. The Bertz CT molecular complexity index is 444. The van der Waals surface area contributed by atoms with E-state index >= 15 is 0 Å². The van der Waals surface area contributed by atoms with Gasteiger partial charge in [-0.15, -0.1) is 11.3 Å². The van der Waals surface area contributed by atoms with Crippen LogP contribution in [0.15, 0.2) is 34.5 Å². The van der Waals surface area contributed by atoms with Gasteiger partial charge in [-0.05, 0) is 35.1 Å². The molecule has 0 saturated carbocycles. The van der Waals surface area contributed by atoms with E-state index in [9.17, 15) is 0 Å². The zero-order valence-corrected chi connectivity index (χ0v) is 11.3. The molecule has 3 nitrogen and oxygen atoms in total. The van der Waals surface area contributed by atoms with Gasteiger partial charge in [0.05, 0.1) is 11.7 Å². The Morgan fingerprint density at radius 1 is 1.56 bits per heavy atom. The lowest BCUT2D eigenvalue weighted by Crippen LogP contribution is -2.19. The van der Waals surface area contributed by atoms with Crippen LogP contribution >= 0.6 is 27.3 Å². The molecule has 0 fully saturated rings. The first-order valence-electron chi connectivity index (χ1n) is 4.95. The summed E-state index contributed by atoms with van der Waals surface area (Å²) in [6.07, 6.45) is 4.31. The van der Waals surface area contributed by atoms with E-state index in [0.29, 0.717) is 0 Å². The van der Waals surface area contributed by atoms with Gasteiger partial charge < -0.3 is 5.32 Å². The third-order valence-electron chi connectivity index (χ3n) is 2.34.